The molecule has 0 unspecified atom stereocenters. The van der Waals surface area contributed by atoms with Crippen molar-refractivity contribution in [2.45, 2.75) is 6.42 Å². The highest BCUT2D eigenvalue weighted by molar-refractivity contribution is 6.31. The van der Waals surface area contributed by atoms with Crippen LogP contribution in [-0.2, 0) is 0 Å². The Labute approximate surface area is 152 Å². The molecule has 0 heterocycles. The first-order valence-corrected chi connectivity index (χ1v) is 8.43. The van der Waals surface area contributed by atoms with E-state index in [4.69, 9.17) is 16.7 Å². The number of amides is 1. The normalized spacial score (nSPS) is 10.3. The van der Waals surface area contributed by atoms with Crippen LogP contribution >= 0.6 is 11.6 Å². The number of carbonyl (C=O) groups excluding carboxylic acids is 1. The topological polar surface area (TPSA) is 76.4 Å². The number of hydrogen-bond donors (Lipinski definition) is 2. The Balaban J connectivity index is 2.24. The van der Waals surface area contributed by atoms with Gasteiger partial charge in [0, 0.05) is 30.4 Å². The highest BCUT2D eigenvalue weighted by Crippen LogP contribution is 2.21. The lowest BCUT2D eigenvalue weighted by Crippen LogP contribution is -2.37. The summed E-state index contributed by atoms with van der Waals surface area (Å²) in [6.07, 6.45) is 0.659. The molecule has 25 heavy (non-hydrogen) atoms. The monoisotopic (exact) mass is 357 g/mol. The molecule has 5 nitrogen and oxygen atoms in total. The van der Waals surface area contributed by atoms with Crippen molar-refractivity contribution in [3.63, 3.8) is 0 Å². The third kappa shape index (κ3) is 5.30. The van der Waals surface area contributed by atoms with E-state index >= 15 is 0 Å². The van der Waals surface area contributed by atoms with Crippen LogP contribution in [0.15, 0.2) is 48.5 Å². The second kappa shape index (κ2) is 9.80. The number of benzene rings is 2. The first-order valence-electron chi connectivity index (χ1n) is 8.05. The van der Waals surface area contributed by atoms with Gasteiger partial charge in [-0.3, -0.25) is 4.79 Å². The Kier molecular flexibility index (Phi) is 7.42. The summed E-state index contributed by atoms with van der Waals surface area (Å²) in [6, 6.07) is 16.0. The Morgan fingerprint density at radius 1 is 1.20 bits per heavy atom. The number of hydrogen-bond acceptors (Lipinski definition) is 4. The molecule has 0 bridgehead atoms. The summed E-state index contributed by atoms with van der Waals surface area (Å²) in [5.74, 6) is -0.269. The van der Waals surface area contributed by atoms with Crippen molar-refractivity contribution >= 4 is 23.2 Å². The average molecular weight is 358 g/mol. The van der Waals surface area contributed by atoms with Gasteiger partial charge in [-0.25, -0.2) is 0 Å². The predicted octanol–water partition coefficient (Wildman–Crippen LogP) is 2.83. The molecule has 1 amide bonds. The largest absolute Gasteiger partial charge is 0.396 e. The van der Waals surface area contributed by atoms with Gasteiger partial charge in [0.25, 0.3) is 5.91 Å². The maximum Gasteiger partial charge on any atom is 0.259 e. The van der Waals surface area contributed by atoms with Crippen molar-refractivity contribution in [2.75, 3.05) is 31.1 Å². The van der Waals surface area contributed by atoms with E-state index in [1.807, 2.05) is 36.4 Å². The van der Waals surface area contributed by atoms with Gasteiger partial charge in [0.1, 0.15) is 0 Å². The molecule has 0 radical (unpaired) electrons. The molecule has 2 N–H and O–H groups in total. The molecule has 0 atom stereocenters. The van der Waals surface area contributed by atoms with E-state index in [0.29, 0.717) is 36.6 Å². The number of anilines is 1. The summed E-state index contributed by atoms with van der Waals surface area (Å²) in [7, 11) is 0. The molecular weight excluding hydrogens is 338 g/mol. The van der Waals surface area contributed by atoms with E-state index in [-0.39, 0.29) is 18.1 Å². The number of rotatable bonds is 8. The van der Waals surface area contributed by atoms with Gasteiger partial charge in [-0.05, 0) is 43.3 Å². The SMILES string of the molecule is N#Cc1ccc(Cl)cc1C(=O)N(CCNCCCO)c1ccccc1. The maximum atomic E-state index is 13.0. The Hall–Kier alpha value is -2.39. The smallest absolute Gasteiger partial charge is 0.259 e. The molecule has 2 rings (SSSR count). The number of nitrogens with zero attached hydrogens (tertiary/aromatic N) is 2. The summed E-state index contributed by atoms with van der Waals surface area (Å²) in [4.78, 5) is 14.7. The number of carbonyl (C=O) groups is 1. The molecule has 0 aliphatic heterocycles. The lowest BCUT2D eigenvalue weighted by atomic mass is 10.1. The fourth-order valence-electron chi connectivity index (χ4n) is 2.41. The van der Waals surface area contributed by atoms with Crippen LogP contribution in [0.5, 0.6) is 0 Å². The second-order valence-corrected chi connectivity index (χ2v) is 5.86. The zero-order chi connectivity index (χ0) is 18.1. The van der Waals surface area contributed by atoms with Crippen LogP contribution in [0, 0.1) is 11.3 Å². The first-order chi connectivity index (χ1) is 12.2. The van der Waals surface area contributed by atoms with Gasteiger partial charge in [-0.15, -0.1) is 0 Å². The van der Waals surface area contributed by atoms with Gasteiger partial charge in [0.15, 0.2) is 0 Å². The van der Waals surface area contributed by atoms with Crippen LogP contribution < -0.4 is 10.2 Å². The summed E-state index contributed by atoms with van der Waals surface area (Å²) >= 11 is 6.01. The Morgan fingerprint density at radius 2 is 1.96 bits per heavy atom. The number of aliphatic hydroxyl groups is 1. The third-order valence-electron chi connectivity index (χ3n) is 3.67. The molecule has 2 aromatic carbocycles. The van der Waals surface area contributed by atoms with Crippen LogP contribution in [0.3, 0.4) is 0 Å². The van der Waals surface area contributed by atoms with Gasteiger partial charge in [0.05, 0.1) is 17.2 Å². The second-order valence-electron chi connectivity index (χ2n) is 5.42. The lowest BCUT2D eigenvalue weighted by Gasteiger charge is -2.23. The number of nitriles is 1. The van der Waals surface area contributed by atoms with Crippen molar-refractivity contribution in [1.82, 2.24) is 5.32 Å². The van der Waals surface area contributed by atoms with E-state index in [0.717, 1.165) is 5.69 Å². The van der Waals surface area contributed by atoms with Crippen LogP contribution in [-0.4, -0.2) is 37.3 Å². The van der Waals surface area contributed by atoms with Crippen LogP contribution in [0.1, 0.15) is 22.3 Å². The van der Waals surface area contributed by atoms with Crippen molar-refractivity contribution in [2.24, 2.45) is 0 Å². The van der Waals surface area contributed by atoms with E-state index < -0.39 is 0 Å². The van der Waals surface area contributed by atoms with Gasteiger partial charge in [0.2, 0.25) is 0 Å². The standard InChI is InChI=1S/C19H20ClN3O2/c20-16-8-7-15(14-21)18(13-16)19(25)23(11-10-22-9-4-12-24)17-5-2-1-3-6-17/h1-3,5-8,13,22,24H,4,9-12H2. The first kappa shape index (κ1) is 18.9. The van der Waals surface area contributed by atoms with E-state index in [1.165, 1.54) is 6.07 Å². The zero-order valence-corrected chi connectivity index (χ0v) is 14.5. The molecule has 0 fully saturated rings. The molecule has 0 spiro atoms. The molecule has 0 saturated carbocycles. The molecule has 2 aromatic rings. The molecule has 0 aliphatic rings. The molecule has 0 saturated heterocycles. The van der Waals surface area contributed by atoms with Crippen molar-refractivity contribution in [3.8, 4) is 6.07 Å². The van der Waals surface area contributed by atoms with Crippen LogP contribution in [0.2, 0.25) is 5.02 Å². The van der Waals surface area contributed by atoms with Crippen LogP contribution in [0.4, 0.5) is 5.69 Å². The quantitative estimate of drug-likeness (QED) is 0.712. The molecular formula is C19H20ClN3O2. The van der Waals surface area contributed by atoms with E-state index in [1.54, 1.807) is 17.0 Å². The number of para-hydroxylation sites is 1. The van der Waals surface area contributed by atoms with Crippen molar-refractivity contribution in [1.29, 1.82) is 5.26 Å². The molecule has 130 valence electrons. The maximum absolute atomic E-state index is 13.0. The van der Waals surface area contributed by atoms with Gasteiger partial charge < -0.3 is 15.3 Å². The molecule has 0 aromatic heterocycles. The highest BCUT2D eigenvalue weighted by atomic mass is 35.5. The van der Waals surface area contributed by atoms with Crippen LogP contribution in [0.25, 0.3) is 0 Å². The van der Waals surface area contributed by atoms with Gasteiger partial charge >= 0.3 is 0 Å². The van der Waals surface area contributed by atoms with E-state index in [2.05, 4.69) is 5.32 Å². The Bertz CT molecular complexity index is 744. The zero-order valence-electron chi connectivity index (χ0n) is 13.8. The van der Waals surface area contributed by atoms with Crippen molar-refractivity contribution in [3.05, 3.63) is 64.7 Å². The molecule has 0 aliphatic carbocycles. The summed E-state index contributed by atoms with van der Waals surface area (Å²) < 4.78 is 0. The Morgan fingerprint density at radius 3 is 2.64 bits per heavy atom. The number of nitrogens with one attached hydrogen (secondary N) is 1. The summed E-state index contributed by atoms with van der Waals surface area (Å²) in [5.41, 5.74) is 1.33. The lowest BCUT2D eigenvalue weighted by molar-refractivity contribution is 0.0986. The predicted molar refractivity (Wildman–Crippen MR) is 98.9 cm³/mol. The minimum atomic E-state index is -0.269. The highest BCUT2D eigenvalue weighted by Gasteiger charge is 2.20. The summed E-state index contributed by atoms with van der Waals surface area (Å²) in [6.45, 7) is 1.81. The number of halogens is 1. The van der Waals surface area contributed by atoms with Gasteiger partial charge in [-0.1, -0.05) is 29.8 Å². The minimum absolute atomic E-state index is 0.127. The fourth-order valence-corrected chi connectivity index (χ4v) is 2.58. The fraction of sp³-hybridized carbons (Fsp3) is 0.263. The van der Waals surface area contributed by atoms with Gasteiger partial charge in [-0.2, -0.15) is 5.26 Å². The number of aliphatic hydroxyl groups excluding tert-OH is 1. The van der Waals surface area contributed by atoms with E-state index in [9.17, 15) is 10.1 Å². The summed E-state index contributed by atoms with van der Waals surface area (Å²) in [5, 5.41) is 21.7. The third-order valence-corrected chi connectivity index (χ3v) is 3.90. The average Bonchev–Trinajstić information content (AvgIpc) is 2.65. The molecule has 6 heteroatoms. The minimum Gasteiger partial charge on any atom is -0.396 e. The van der Waals surface area contributed by atoms with Crippen molar-refractivity contribution < 1.29 is 9.90 Å².